The van der Waals surface area contributed by atoms with Crippen LogP contribution in [-0.2, 0) is 7.05 Å². The first-order valence-corrected chi connectivity index (χ1v) is 15.6. The predicted molar refractivity (Wildman–Crippen MR) is 192 cm³/mol. The molecule has 0 N–H and O–H groups in total. The van der Waals surface area contributed by atoms with Crippen LogP contribution >= 0.6 is 0 Å². The average molecular weight is 605 g/mol. The van der Waals surface area contributed by atoms with E-state index in [1.807, 2.05) is 66.5 Å². The first kappa shape index (κ1) is 27.0. The van der Waals surface area contributed by atoms with Crippen molar-refractivity contribution >= 4 is 49.4 Å². The molecule has 47 heavy (non-hydrogen) atoms. The van der Waals surface area contributed by atoms with E-state index < -0.39 is 0 Å². The Morgan fingerprint density at radius 2 is 1.13 bits per heavy atom. The van der Waals surface area contributed by atoms with Crippen molar-refractivity contribution in [2.75, 3.05) is 0 Å². The van der Waals surface area contributed by atoms with Gasteiger partial charge in [-0.1, -0.05) is 97.1 Å². The molecule has 0 aliphatic rings. The molecule has 0 aliphatic carbocycles. The molecule has 0 saturated carbocycles. The molecule has 0 bridgehead atoms. The van der Waals surface area contributed by atoms with Crippen LogP contribution in [0.15, 0.2) is 152 Å². The van der Waals surface area contributed by atoms with E-state index in [-0.39, 0.29) is 0 Å². The van der Waals surface area contributed by atoms with Gasteiger partial charge in [-0.2, -0.15) is 0 Å². The fourth-order valence-corrected chi connectivity index (χ4v) is 6.55. The molecule has 0 saturated heterocycles. The molecule has 5 aromatic heterocycles. The highest BCUT2D eigenvalue weighted by Crippen LogP contribution is 2.35. The first-order valence-electron chi connectivity index (χ1n) is 15.6. The van der Waals surface area contributed by atoms with Crippen LogP contribution in [0.2, 0.25) is 0 Å². The molecule has 0 unspecified atom stereocenters. The van der Waals surface area contributed by atoms with E-state index in [4.69, 9.17) is 15.0 Å². The van der Waals surface area contributed by atoms with Crippen molar-refractivity contribution in [3.05, 3.63) is 152 Å². The second kappa shape index (κ2) is 10.9. The summed E-state index contributed by atoms with van der Waals surface area (Å²) < 4.78 is 4.19. The summed E-state index contributed by atoms with van der Waals surface area (Å²) in [6, 6.07) is 44.0. The molecule has 6 nitrogen and oxygen atoms in total. The van der Waals surface area contributed by atoms with Gasteiger partial charge in [-0.15, -0.1) is 0 Å². The highest BCUT2D eigenvalue weighted by atomic mass is 15.0. The lowest BCUT2D eigenvalue weighted by Gasteiger charge is -2.12. The summed E-state index contributed by atoms with van der Waals surface area (Å²) >= 11 is 0. The van der Waals surface area contributed by atoms with Crippen molar-refractivity contribution in [1.29, 1.82) is 0 Å². The molecule has 9 aromatic rings. The van der Waals surface area contributed by atoms with Crippen molar-refractivity contribution in [2.24, 2.45) is 7.05 Å². The highest BCUT2D eigenvalue weighted by molar-refractivity contribution is 6.10. The Hall–Kier alpha value is -6.40. The van der Waals surface area contributed by atoms with Gasteiger partial charge < -0.3 is 4.57 Å². The number of benzene rings is 4. The van der Waals surface area contributed by atoms with Crippen LogP contribution in [0.4, 0.5) is 0 Å². The Morgan fingerprint density at radius 1 is 0.489 bits per heavy atom. The van der Waals surface area contributed by atoms with Crippen LogP contribution in [-0.4, -0.2) is 28.9 Å². The Bertz CT molecular complexity index is 2680. The number of fused-ring (bicyclic) bond motifs is 8. The SMILES string of the molecule is Cn1ccccncc2c3ccccc3c(-c3ccc(-c4ccc(-c5nc6ccccc6c6nc7ccccn7c56)cc4)cc3)nc21. The van der Waals surface area contributed by atoms with Crippen molar-refractivity contribution in [3.63, 3.8) is 0 Å². The van der Waals surface area contributed by atoms with Gasteiger partial charge in [-0.05, 0) is 46.8 Å². The van der Waals surface area contributed by atoms with Crippen LogP contribution in [0.5, 0.6) is 0 Å². The molecule has 0 atom stereocenters. The van der Waals surface area contributed by atoms with E-state index in [0.717, 1.165) is 83.0 Å². The van der Waals surface area contributed by atoms with Gasteiger partial charge in [-0.25, -0.2) is 15.0 Å². The van der Waals surface area contributed by atoms with Gasteiger partial charge in [0.05, 0.1) is 22.4 Å². The van der Waals surface area contributed by atoms with Crippen LogP contribution < -0.4 is 0 Å². The zero-order chi connectivity index (χ0) is 31.3. The maximum absolute atomic E-state index is 5.19. The molecule has 4 aromatic carbocycles. The third-order valence-electron chi connectivity index (χ3n) is 8.86. The molecule has 6 heteroatoms. The lowest BCUT2D eigenvalue weighted by Crippen LogP contribution is -1.96. The van der Waals surface area contributed by atoms with Crippen molar-refractivity contribution < 1.29 is 0 Å². The molecule has 0 amide bonds. The maximum atomic E-state index is 5.19. The largest absolute Gasteiger partial charge is 0.336 e. The number of rotatable bonds is 3. The molecule has 222 valence electrons. The van der Waals surface area contributed by atoms with E-state index in [2.05, 4.69) is 101 Å². The summed E-state index contributed by atoms with van der Waals surface area (Å²) in [5.41, 5.74) is 11.0. The third-order valence-corrected chi connectivity index (χ3v) is 8.86. The minimum Gasteiger partial charge on any atom is -0.336 e. The van der Waals surface area contributed by atoms with E-state index in [1.165, 1.54) is 0 Å². The maximum Gasteiger partial charge on any atom is 0.142 e. The van der Waals surface area contributed by atoms with Gasteiger partial charge in [0.1, 0.15) is 16.8 Å². The normalized spacial score (nSPS) is 11.5. The zero-order valence-electron chi connectivity index (χ0n) is 25.6. The molecule has 5 heterocycles. The van der Waals surface area contributed by atoms with Gasteiger partial charge in [0.25, 0.3) is 0 Å². The minimum absolute atomic E-state index is 0.865. The first-order chi connectivity index (χ1) is 23.2. The topological polar surface area (TPSA) is 60.9 Å². The number of pyridine rings is 3. The number of aryl methyl sites for hydroxylation is 1. The van der Waals surface area contributed by atoms with Crippen LogP contribution in [0, 0.1) is 0 Å². The van der Waals surface area contributed by atoms with Gasteiger partial charge in [0.2, 0.25) is 0 Å². The number of aromatic nitrogens is 6. The van der Waals surface area contributed by atoms with E-state index in [1.54, 1.807) is 6.20 Å². The molecule has 9 rings (SSSR count). The summed E-state index contributed by atoms with van der Waals surface area (Å²) in [6.45, 7) is 0. The van der Waals surface area contributed by atoms with Crippen molar-refractivity contribution in [3.8, 4) is 33.6 Å². The van der Waals surface area contributed by atoms with Gasteiger partial charge in [0.15, 0.2) is 0 Å². The smallest absolute Gasteiger partial charge is 0.142 e. The van der Waals surface area contributed by atoms with Crippen molar-refractivity contribution in [2.45, 2.75) is 0 Å². The second-order valence-corrected chi connectivity index (χ2v) is 11.7. The second-order valence-electron chi connectivity index (χ2n) is 11.7. The lowest BCUT2D eigenvalue weighted by molar-refractivity contribution is 0.938. The summed E-state index contributed by atoms with van der Waals surface area (Å²) in [7, 11) is 2.02. The number of para-hydroxylation sites is 1. The Morgan fingerprint density at radius 3 is 1.91 bits per heavy atom. The van der Waals surface area contributed by atoms with E-state index in [0.29, 0.717) is 0 Å². The molecular formula is C41H28N6. The standard InChI is InChI=1S/C41H28N6/c1-46-24-9-7-23-42-26-34-31-10-2-3-11-32(31)37(45-41(34)46)29-19-15-27(16-20-29)28-17-21-30(22-18-28)38-40-39(33-12-4-5-13-35(33)43-38)44-36-14-6-8-25-47(36)40/h2-26H,1H3. The van der Waals surface area contributed by atoms with E-state index in [9.17, 15) is 0 Å². The molecule has 0 spiro atoms. The number of hydrogen-bond acceptors (Lipinski definition) is 4. The average Bonchev–Trinajstić information content (AvgIpc) is 3.56. The fourth-order valence-electron chi connectivity index (χ4n) is 6.55. The zero-order valence-corrected chi connectivity index (χ0v) is 25.6. The van der Waals surface area contributed by atoms with Crippen molar-refractivity contribution in [1.82, 2.24) is 28.9 Å². The minimum atomic E-state index is 0.865. The molecular weight excluding hydrogens is 576 g/mol. The van der Waals surface area contributed by atoms with Crippen LogP contribution in [0.3, 0.4) is 0 Å². The fraction of sp³-hybridized carbons (Fsp3) is 0.0244. The molecule has 0 aliphatic heterocycles. The molecule has 0 radical (unpaired) electrons. The third kappa shape index (κ3) is 4.50. The molecule has 0 fully saturated rings. The summed E-state index contributed by atoms with van der Waals surface area (Å²) in [4.78, 5) is 19.8. The monoisotopic (exact) mass is 604 g/mol. The number of nitrogens with zero attached hydrogens (tertiary/aromatic N) is 6. The van der Waals surface area contributed by atoms with Crippen LogP contribution in [0.25, 0.3) is 83.0 Å². The number of imidazole rings is 1. The van der Waals surface area contributed by atoms with E-state index >= 15 is 0 Å². The summed E-state index contributed by atoms with van der Waals surface area (Å²) in [5.74, 6) is 0. The Kier molecular flexibility index (Phi) is 6.25. The lowest BCUT2D eigenvalue weighted by atomic mass is 9.98. The summed E-state index contributed by atoms with van der Waals surface area (Å²) in [6.07, 6.45) is 7.77. The summed E-state index contributed by atoms with van der Waals surface area (Å²) in [5, 5.41) is 4.27. The van der Waals surface area contributed by atoms with Gasteiger partial charge in [-0.3, -0.25) is 9.38 Å². The Balaban J connectivity index is 1.13. The quantitative estimate of drug-likeness (QED) is 0.201. The van der Waals surface area contributed by atoms with Gasteiger partial charge >= 0.3 is 0 Å². The number of hydrogen-bond donors (Lipinski definition) is 0. The highest BCUT2D eigenvalue weighted by Gasteiger charge is 2.16. The predicted octanol–water partition coefficient (Wildman–Crippen LogP) is 9.60. The van der Waals surface area contributed by atoms with Crippen LogP contribution in [0.1, 0.15) is 0 Å². The Labute approximate surface area is 270 Å². The van der Waals surface area contributed by atoms with Gasteiger partial charge in [0, 0.05) is 59.1 Å².